The van der Waals surface area contributed by atoms with Gasteiger partial charge in [-0.05, 0) is 18.8 Å². The zero-order valence-electron chi connectivity index (χ0n) is 9.37. The van der Waals surface area contributed by atoms with Crippen LogP contribution in [-0.4, -0.2) is 16.9 Å². The van der Waals surface area contributed by atoms with Gasteiger partial charge in [0.1, 0.15) is 5.78 Å². The van der Waals surface area contributed by atoms with Crippen molar-refractivity contribution in [2.45, 2.75) is 51.9 Å². The molecule has 0 radical (unpaired) electrons. The Hall–Kier alpha value is -0.860. The molecule has 2 atom stereocenters. The first-order valence-electron chi connectivity index (χ1n) is 5.89. The molecule has 1 rings (SSSR count). The molecular formula is C12H20O3. The van der Waals surface area contributed by atoms with Gasteiger partial charge in [0.2, 0.25) is 0 Å². The molecule has 1 aliphatic carbocycles. The molecular weight excluding hydrogens is 192 g/mol. The van der Waals surface area contributed by atoms with E-state index >= 15 is 0 Å². The number of Topliss-reactive ketones (excluding diaryl/α,β-unsaturated/α-hetero) is 1. The van der Waals surface area contributed by atoms with E-state index in [0.717, 1.165) is 19.3 Å². The second-order valence-electron chi connectivity index (χ2n) is 4.47. The standard InChI is InChI=1S/C12H20O3/c1-2-3-4-5-9-6-7-11(13)10(9)8-12(14)15/h9-10H,2-8H2,1H3,(H,14,15)/t9-,10+/m0/s1. The fourth-order valence-corrected chi connectivity index (χ4v) is 2.45. The van der Waals surface area contributed by atoms with Gasteiger partial charge in [0.05, 0.1) is 6.42 Å². The summed E-state index contributed by atoms with van der Waals surface area (Å²) in [5, 5.41) is 8.73. The highest BCUT2D eigenvalue weighted by atomic mass is 16.4. The van der Waals surface area contributed by atoms with Gasteiger partial charge < -0.3 is 5.11 Å². The van der Waals surface area contributed by atoms with Gasteiger partial charge in [-0.15, -0.1) is 0 Å². The molecule has 3 nitrogen and oxygen atoms in total. The van der Waals surface area contributed by atoms with Crippen molar-refractivity contribution in [3.63, 3.8) is 0 Å². The van der Waals surface area contributed by atoms with Crippen LogP contribution in [0.2, 0.25) is 0 Å². The van der Waals surface area contributed by atoms with E-state index in [2.05, 4.69) is 6.92 Å². The number of hydrogen-bond acceptors (Lipinski definition) is 2. The molecule has 15 heavy (non-hydrogen) atoms. The minimum atomic E-state index is -0.837. The summed E-state index contributed by atoms with van der Waals surface area (Å²) in [6.07, 6.45) is 6.04. The maximum Gasteiger partial charge on any atom is 0.304 e. The van der Waals surface area contributed by atoms with Crippen LogP contribution in [0.5, 0.6) is 0 Å². The van der Waals surface area contributed by atoms with Crippen LogP contribution >= 0.6 is 0 Å². The van der Waals surface area contributed by atoms with Gasteiger partial charge in [0.15, 0.2) is 0 Å². The number of carbonyl (C=O) groups is 2. The summed E-state index contributed by atoms with van der Waals surface area (Å²) in [6, 6.07) is 0. The zero-order valence-corrected chi connectivity index (χ0v) is 9.37. The molecule has 0 unspecified atom stereocenters. The molecule has 0 aromatic rings. The molecule has 0 aromatic carbocycles. The van der Waals surface area contributed by atoms with Crippen molar-refractivity contribution in [2.75, 3.05) is 0 Å². The Balaban J connectivity index is 2.41. The Morgan fingerprint density at radius 1 is 1.47 bits per heavy atom. The summed E-state index contributed by atoms with van der Waals surface area (Å²) in [6.45, 7) is 2.15. The Bertz CT molecular complexity index is 235. The molecule has 0 aliphatic heterocycles. The fourth-order valence-electron chi connectivity index (χ4n) is 2.45. The van der Waals surface area contributed by atoms with Crippen molar-refractivity contribution in [3.05, 3.63) is 0 Å². The van der Waals surface area contributed by atoms with Crippen molar-refractivity contribution < 1.29 is 14.7 Å². The minimum absolute atomic E-state index is 0.0373. The Labute approximate surface area is 90.9 Å². The molecule has 1 N–H and O–H groups in total. The van der Waals surface area contributed by atoms with Gasteiger partial charge >= 0.3 is 5.97 Å². The maximum absolute atomic E-state index is 11.5. The lowest BCUT2D eigenvalue weighted by Crippen LogP contribution is -2.18. The molecule has 0 bridgehead atoms. The van der Waals surface area contributed by atoms with Crippen LogP contribution in [0.4, 0.5) is 0 Å². The third-order valence-corrected chi connectivity index (χ3v) is 3.32. The highest BCUT2D eigenvalue weighted by Gasteiger charge is 2.35. The van der Waals surface area contributed by atoms with Gasteiger partial charge in [0.25, 0.3) is 0 Å². The summed E-state index contributed by atoms with van der Waals surface area (Å²) in [7, 11) is 0. The lowest BCUT2D eigenvalue weighted by Gasteiger charge is -2.15. The van der Waals surface area contributed by atoms with E-state index in [-0.39, 0.29) is 18.1 Å². The third-order valence-electron chi connectivity index (χ3n) is 3.32. The Kier molecular flexibility index (Phi) is 4.79. The minimum Gasteiger partial charge on any atom is -0.481 e. The van der Waals surface area contributed by atoms with Gasteiger partial charge in [-0.2, -0.15) is 0 Å². The number of carboxylic acid groups (broad SMARTS) is 1. The predicted molar refractivity (Wildman–Crippen MR) is 57.6 cm³/mol. The lowest BCUT2D eigenvalue weighted by molar-refractivity contribution is -0.140. The van der Waals surface area contributed by atoms with E-state index < -0.39 is 5.97 Å². The highest BCUT2D eigenvalue weighted by Crippen LogP contribution is 2.34. The lowest BCUT2D eigenvalue weighted by atomic mass is 9.88. The van der Waals surface area contributed by atoms with Crippen LogP contribution in [-0.2, 0) is 9.59 Å². The largest absolute Gasteiger partial charge is 0.481 e. The SMILES string of the molecule is CCCCC[C@H]1CCC(=O)[C@@H]1CC(=O)O. The number of carbonyl (C=O) groups excluding carboxylic acids is 1. The second-order valence-corrected chi connectivity index (χ2v) is 4.47. The van der Waals surface area contributed by atoms with E-state index in [1.807, 2.05) is 0 Å². The van der Waals surface area contributed by atoms with Gasteiger partial charge in [-0.1, -0.05) is 26.2 Å². The molecule has 0 heterocycles. The van der Waals surface area contributed by atoms with Gasteiger partial charge in [-0.25, -0.2) is 0 Å². The normalized spacial score (nSPS) is 25.8. The van der Waals surface area contributed by atoms with E-state index in [4.69, 9.17) is 5.11 Å². The summed E-state index contributed by atoms with van der Waals surface area (Å²) in [5.74, 6) is -0.533. The average Bonchev–Trinajstić information content (AvgIpc) is 2.49. The number of ketones is 1. The Morgan fingerprint density at radius 2 is 2.20 bits per heavy atom. The zero-order chi connectivity index (χ0) is 11.3. The summed E-state index contributed by atoms with van der Waals surface area (Å²) < 4.78 is 0. The van der Waals surface area contributed by atoms with Crippen LogP contribution in [0.3, 0.4) is 0 Å². The Morgan fingerprint density at radius 3 is 2.80 bits per heavy atom. The van der Waals surface area contributed by atoms with Crippen molar-refractivity contribution >= 4 is 11.8 Å². The number of carboxylic acids is 1. The number of rotatable bonds is 6. The topological polar surface area (TPSA) is 54.4 Å². The van der Waals surface area contributed by atoms with Crippen molar-refractivity contribution in [1.82, 2.24) is 0 Å². The molecule has 0 amide bonds. The monoisotopic (exact) mass is 212 g/mol. The quantitative estimate of drug-likeness (QED) is 0.688. The van der Waals surface area contributed by atoms with E-state index in [9.17, 15) is 9.59 Å². The van der Waals surface area contributed by atoms with E-state index in [1.54, 1.807) is 0 Å². The molecule has 1 fully saturated rings. The molecule has 0 spiro atoms. The molecule has 0 saturated heterocycles. The second kappa shape index (κ2) is 5.89. The summed E-state index contributed by atoms with van der Waals surface area (Å²) in [4.78, 5) is 22.1. The molecule has 1 saturated carbocycles. The van der Waals surface area contributed by atoms with E-state index in [0.29, 0.717) is 12.3 Å². The molecule has 3 heteroatoms. The summed E-state index contributed by atoms with van der Waals surface area (Å²) >= 11 is 0. The van der Waals surface area contributed by atoms with Crippen molar-refractivity contribution in [2.24, 2.45) is 11.8 Å². The maximum atomic E-state index is 11.5. The number of unbranched alkanes of at least 4 members (excludes halogenated alkanes) is 2. The van der Waals surface area contributed by atoms with Gasteiger partial charge in [0, 0.05) is 12.3 Å². The summed E-state index contributed by atoms with van der Waals surface area (Å²) in [5.41, 5.74) is 0. The van der Waals surface area contributed by atoms with Crippen LogP contribution in [0.1, 0.15) is 51.9 Å². The average molecular weight is 212 g/mol. The smallest absolute Gasteiger partial charge is 0.304 e. The number of aliphatic carboxylic acids is 1. The number of hydrogen-bond donors (Lipinski definition) is 1. The predicted octanol–water partition coefficient (Wildman–Crippen LogP) is 2.64. The fraction of sp³-hybridized carbons (Fsp3) is 0.833. The molecule has 0 aromatic heterocycles. The van der Waals surface area contributed by atoms with Crippen LogP contribution < -0.4 is 0 Å². The van der Waals surface area contributed by atoms with E-state index in [1.165, 1.54) is 12.8 Å². The first-order valence-corrected chi connectivity index (χ1v) is 5.89. The van der Waals surface area contributed by atoms with Gasteiger partial charge in [-0.3, -0.25) is 9.59 Å². The first-order chi connectivity index (χ1) is 7.15. The van der Waals surface area contributed by atoms with Crippen LogP contribution in [0.15, 0.2) is 0 Å². The van der Waals surface area contributed by atoms with Crippen LogP contribution in [0, 0.1) is 11.8 Å². The highest BCUT2D eigenvalue weighted by molar-refractivity contribution is 5.86. The van der Waals surface area contributed by atoms with Crippen molar-refractivity contribution in [1.29, 1.82) is 0 Å². The third kappa shape index (κ3) is 3.65. The molecule has 1 aliphatic rings. The molecule has 86 valence electrons. The van der Waals surface area contributed by atoms with Crippen molar-refractivity contribution in [3.8, 4) is 0 Å². The van der Waals surface area contributed by atoms with Crippen LogP contribution in [0.25, 0.3) is 0 Å². The first kappa shape index (κ1) is 12.2.